The zero-order chi connectivity index (χ0) is 66.8. The highest BCUT2D eigenvalue weighted by molar-refractivity contribution is 7.47. The van der Waals surface area contributed by atoms with E-state index >= 15 is 0 Å². The van der Waals surface area contributed by atoms with Gasteiger partial charge >= 0.3 is 39.5 Å². The summed E-state index contributed by atoms with van der Waals surface area (Å²) in [5, 5.41) is 10.6. The number of unbranched alkanes of at least 4 members (excludes halogenated alkanes) is 34. The number of carbonyl (C=O) groups excluding carboxylic acids is 4. The summed E-state index contributed by atoms with van der Waals surface area (Å²) in [6.45, 7) is 14.0. The number of hydrogen-bond acceptors (Lipinski definition) is 15. The maximum Gasteiger partial charge on any atom is 0.472 e. The summed E-state index contributed by atoms with van der Waals surface area (Å²) >= 11 is 0. The Kier molecular flexibility index (Phi) is 59.4. The molecule has 0 fully saturated rings. The van der Waals surface area contributed by atoms with Gasteiger partial charge in [-0.3, -0.25) is 37.3 Å². The van der Waals surface area contributed by atoms with Gasteiger partial charge in [-0.2, -0.15) is 0 Å². The van der Waals surface area contributed by atoms with E-state index < -0.39 is 97.5 Å². The lowest BCUT2D eigenvalue weighted by molar-refractivity contribution is -0.161. The number of ether oxygens (including phenoxy) is 4. The van der Waals surface area contributed by atoms with Crippen molar-refractivity contribution in [3.05, 3.63) is 0 Å². The Morgan fingerprint density at radius 1 is 0.278 bits per heavy atom. The molecule has 90 heavy (non-hydrogen) atoms. The van der Waals surface area contributed by atoms with Crippen molar-refractivity contribution in [3.63, 3.8) is 0 Å². The van der Waals surface area contributed by atoms with E-state index in [1.165, 1.54) is 141 Å². The van der Waals surface area contributed by atoms with Crippen LogP contribution in [0, 0.1) is 23.7 Å². The number of aliphatic hydroxyl groups excluding tert-OH is 1. The molecule has 0 radical (unpaired) electrons. The molecule has 0 spiro atoms. The smallest absolute Gasteiger partial charge is 0.462 e. The third-order valence-electron chi connectivity index (χ3n) is 16.3. The zero-order valence-corrected chi connectivity index (χ0v) is 60.6. The number of rotatable bonds is 68. The highest BCUT2D eigenvalue weighted by Gasteiger charge is 2.30. The van der Waals surface area contributed by atoms with Gasteiger partial charge in [0.25, 0.3) is 0 Å². The monoisotopic (exact) mass is 1320 g/mol. The van der Waals surface area contributed by atoms with Crippen molar-refractivity contribution >= 4 is 39.5 Å². The normalized spacial score (nSPS) is 14.3. The lowest BCUT2D eigenvalue weighted by atomic mass is 10.0. The van der Waals surface area contributed by atoms with Crippen LogP contribution in [0.25, 0.3) is 0 Å². The fourth-order valence-corrected chi connectivity index (χ4v) is 12.2. The van der Waals surface area contributed by atoms with Crippen LogP contribution in [0.2, 0.25) is 0 Å². The van der Waals surface area contributed by atoms with Gasteiger partial charge in [0.2, 0.25) is 0 Å². The second-order valence-electron chi connectivity index (χ2n) is 27.5. The Balaban J connectivity index is 5.19. The predicted octanol–water partition coefficient (Wildman–Crippen LogP) is 20.1. The van der Waals surface area contributed by atoms with Gasteiger partial charge in [0.1, 0.15) is 19.3 Å². The van der Waals surface area contributed by atoms with E-state index in [4.69, 9.17) is 37.0 Å². The van der Waals surface area contributed by atoms with Gasteiger partial charge in [0.05, 0.1) is 26.4 Å². The fraction of sp³-hybridized carbons (Fsp3) is 0.944. The van der Waals surface area contributed by atoms with Gasteiger partial charge in [0.15, 0.2) is 12.2 Å². The summed E-state index contributed by atoms with van der Waals surface area (Å²) in [6, 6.07) is 0. The molecule has 0 aliphatic carbocycles. The van der Waals surface area contributed by atoms with Crippen LogP contribution in [0.3, 0.4) is 0 Å². The first kappa shape index (κ1) is 88.1. The Bertz CT molecular complexity index is 1780. The lowest BCUT2D eigenvalue weighted by Gasteiger charge is -2.21. The van der Waals surface area contributed by atoms with Gasteiger partial charge in [-0.25, -0.2) is 9.13 Å². The van der Waals surface area contributed by atoms with Crippen LogP contribution < -0.4 is 0 Å². The van der Waals surface area contributed by atoms with Crippen LogP contribution in [0.4, 0.5) is 0 Å². The summed E-state index contributed by atoms with van der Waals surface area (Å²) in [5.74, 6) is 0.798. The molecule has 0 amide bonds. The highest BCUT2D eigenvalue weighted by atomic mass is 31.2. The second kappa shape index (κ2) is 60.7. The Labute approximate surface area is 549 Å². The number of hydrogen-bond donors (Lipinski definition) is 3. The van der Waals surface area contributed by atoms with Gasteiger partial charge in [-0.15, -0.1) is 0 Å². The quantitative estimate of drug-likeness (QED) is 0.0222. The van der Waals surface area contributed by atoms with Gasteiger partial charge in [0, 0.05) is 25.7 Å². The molecule has 19 heteroatoms. The topological polar surface area (TPSA) is 237 Å². The van der Waals surface area contributed by atoms with E-state index in [1.54, 1.807) is 0 Å². The number of carbonyl (C=O) groups is 4. The molecular weight excluding hydrogens is 1190 g/mol. The molecule has 3 N–H and O–H groups in total. The van der Waals surface area contributed by atoms with E-state index in [2.05, 4.69) is 55.4 Å². The average molecular weight is 1330 g/mol. The molecule has 3 unspecified atom stereocenters. The molecule has 5 atom stereocenters. The lowest BCUT2D eigenvalue weighted by Crippen LogP contribution is -2.30. The van der Waals surface area contributed by atoms with Crippen LogP contribution in [0.15, 0.2) is 0 Å². The van der Waals surface area contributed by atoms with Crippen LogP contribution in [0.1, 0.15) is 351 Å². The van der Waals surface area contributed by atoms with Crippen molar-refractivity contribution in [2.45, 2.75) is 369 Å². The van der Waals surface area contributed by atoms with Crippen molar-refractivity contribution in [2.24, 2.45) is 23.7 Å². The Morgan fingerprint density at radius 3 is 0.689 bits per heavy atom. The van der Waals surface area contributed by atoms with Crippen molar-refractivity contribution in [1.29, 1.82) is 0 Å². The van der Waals surface area contributed by atoms with E-state index in [0.29, 0.717) is 37.5 Å². The third-order valence-corrected chi connectivity index (χ3v) is 18.2. The number of aliphatic hydroxyl groups is 1. The Morgan fingerprint density at radius 2 is 0.467 bits per heavy atom. The predicted molar refractivity (Wildman–Crippen MR) is 363 cm³/mol. The minimum atomic E-state index is -4.95. The van der Waals surface area contributed by atoms with E-state index in [9.17, 15) is 43.2 Å². The second-order valence-corrected chi connectivity index (χ2v) is 30.4. The first-order valence-corrected chi connectivity index (χ1v) is 39.7. The van der Waals surface area contributed by atoms with Crippen LogP contribution >= 0.6 is 15.6 Å². The molecule has 0 saturated heterocycles. The molecule has 0 bridgehead atoms. The molecule has 0 heterocycles. The third kappa shape index (κ3) is 64.8. The number of esters is 4. The molecule has 0 aliphatic rings. The standard InChI is InChI=1S/C71H138O17P2/c1-61(2)47-39-31-23-18-15-13-11-9-10-12-14-16-20-26-37-45-53-70(75)88-67(58-82-69(74)52-44-36-30-29-34-42-50-64(7)8)60-86-90(79,80)84-56-65(72)55-83-89(77,78)85-59-66(57-81-68(73)51-43-35-28-22-25-33-41-49-63(5)6)87-71(76)54-46-38-27-21-17-19-24-32-40-48-62(3)4/h61-67,72H,9-60H2,1-8H3,(H,77,78)(H,79,80)/t65?,66-,67-/m1/s1. The molecule has 0 aromatic carbocycles. The van der Waals surface area contributed by atoms with Crippen LogP contribution in [0.5, 0.6) is 0 Å². The van der Waals surface area contributed by atoms with E-state index in [1.807, 2.05) is 0 Å². The zero-order valence-electron chi connectivity index (χ0n) is 58.8. The highest BCUT2D eigenvalue weighted by Crippen LogP contribution is 2.45. The van der Waals surface area contributed by atoms with Crippen LogP contribution in [-0.4, -0.2) is 96.7 Å². The SMILES string of the molecule is CC(C)CCCCCCCCCCCCCCCCCCC(=O)O[C@H](COC(=O)CCCCCCCCC(C)C)COP(=O)(O)OCC(O)COP(=O)(O)OC[C@@H](COC(=O)CCCCCCCCCC(C)C)OC(=O)CCCCCCCCCCCC(C)C. The summed E-state index contributed by atoms with van der Waals surface area (Å²) in [5.41, 5.74) is 0. The van der Waals surface area contributed by atoms with E-state index in [0.717, 1.165) is 115 Å². The maximum absolute atomic E-state index is 13.0. The summed E-state index contributed by atoms with van der Waals surface area (Å²) < 4.78 is 68.2. The van der Waals surface area contributed by atoms with Crippen molar-refractivity contribution < 1.29 is 80.2 Å². The fourth-order valence-electron chi connectivity index (χ4n) is 10.7. The van der Waals surface area contributed by atoms with Crippen molar-refractivity contribution in [1.82, 2.24) is 0 Å². The minimum Gasteiger partial charge on any atom is -0.462 e. The molecule has 0 aliphatic heterocycles. The molecule has 0 saturated carbocycles. The molecule has 0 rings (SSSR count). The molecular formula is C71H138O17P2. The number of phosphoric ester groups is 2. The van der Waals surface area contributed by atoms with Gasteiger partial charge in [-0.05, 0) is 49.4 Å². The van der Waals surface area contributed by atoms with Gasteiger partial charge < -0.3 is 33.8 Å². The summed E-state index contributed by atoms with van der Waals surface area (Å²) in [7, 11) is -9.90. The molecule has 534 valence electrons. The number of phosphoric acid groups is 2. The van der Waals surface area contributed by atoms with Crippen molar-refractivity contribution in [2.75, 3.05) is 39.6 Å². The van der Waals surface area contributed by atoms with Gasteiger partial charge in [-0.1, -0.05) is 299 Å². The first-order valence-electron chi connectivity index (χ1n) is 36.7. The summed E-state index contributed by atoms with van der Waals surface area (Å²) in [4.78, 5) is 72.5. The van der Waals surface area contributed by atoms with Crippen LogP contribution in [-0.2, 0) is 65.4 Å². The maximum atomic E-state index is 13.0. The molecule has 17 nitrogen and oxygen atoms in total. The minimum absolute atomic E-state index is 0.104. The molecule has 0 aromatic heterocycles. The summed E-state index contributed by atoms with van der Waals surface area (Å²) in [6.07, 6.45) is 43.4. The first-order chi connectivity index (χ1) is 43.1. The van der Waals surface area contributed by atoms with E-state index in [-0.39, 0.29) is 25.7 Å². The largest absolute Gasteiger partial charge is 0.472 e. The average Bonchev–Trinajstić information content (AvgIpc) is 2.87. The van der Waals surface area contributed by atoms with Crippen molar-refractivity contribution in [3.8, 4) is 0 Å². The molecule has 0 aromatic rings. The Hall–Kier alpha value is -1.94.